The summed E-state index contributed by atoms with van der Waals surface area (Å²) in [7, 11) is 0. The van der Waals surface area contributed by atoms with Crippen molar-refractivity contribution in [1.29, 1.82) is 0 Å². The number of rotatable bonds is 2. The van der Waals surface area contributed by atoms with Crippen LogP contribution in [0.4, 0.5) is 0 Å². The van der Waals surface area contributed by atoms with E-state index in [1.165, 1.54) is 12.8 Å². The number of thioether (sulfide) groups is 1. The number of hydrogen-bond acceptors (Lipinski definition) is 3. The van der Waals surface area contributed by atoms with Crippen molar-refractivity contribution in [2.75, 3.05) is 6.26 Å². The largest absolute Gasteiger partial charge is 0.240 e. The van der Waals surface area contributed by atoms with Crippen LogP contribution in [0.15, 0.2) is 18.5 Å². The van der Waals surface area contributed by atoms with Crippen LogP contribution in [-0.4, -0.2) is 16.2 Å². The molecule has 0 aromatic carbocycles. The predicted molar refractivity (Wildman–Crippen MR) is 46.5 cm³/mol. The van der Waals surface area contributed by atoms with Crippen LogP contribution in [0, 0.1) is 0 Å². The molecule has 2 nitrogen and oxygen atoms in total. The Morgan fingerprint density at radius 3 is 2.45 bits per heavy atom. The second kappa shape index (κ2) is 2.48. The molecule has 0 aliphatic heterocycles. The lowest BCUT2D eigenvalue weighted by Crippen LogP contribution is -2.05. The van der Waals surface area contributed by atoms with Crippen molar-refractivity contribution in [1.82, 2.24) is 9.97 Å². The number of aromatic nitrogens is 2. The average molecular weight is 166 g/mol. The highest BCUT2D eigenvalue weighted by molar-refractivity contribution is 7.99. The fraction of sp³-hybridized carbons (Fsp3) is 0.500. The summed E-state index contributed by atoms with van der Waals surface area (Å²) < 4.78 is 0.279. The molecule has 0 amide bonds. The van der Waals surface area contributed by atoms with Crippen LogP contribution in [-0.2, 0) is 4.75 Å². The first-order valence-corrected chi connectivity index (χ1v) is 4.92. The first-order valence-electron chi connectivity index (χ1n) is 3.70. The summed E-state index contributed by atoms with van der Waals surface area (Å²) in [4.78, 5) is 8.50. The van der Waals surface area contributed by atoms with E-state index in [0.717, 1.165) is 5.82 Å². The summed E-state index contributed by atoms with van der Waals surface area (Å²) in [6, 6.07) is 1.86. The third-order valence-corrected chi connectivity index (χ3v) is 3.44. The second-order valence-corrected chi connectivity index (χ2v) is 3.96. The van der Waals surface area contributed by atoms with E-state index in [2.05, 4.69) is 16.2 Å². The minimum atomic E-state index is 0.279. The van der Waals surface area contributed by atoms with Crippen LogP contribution >= 0.6 is 11.8 Å². The zero-order chi connectivity index (χ0) is 7.73. The van der Waals surface area contributed by atoms with Gasteiger partial charge < -0.3 is 0 Å². The Bertz CT molecular complexity index is 244. The SMILES string of the molecule is CSC1(c2ncccn2)CC1. The highest BCUT2D eigenvalue weighted by Gasteiger charge is 2.46. The Balaban J connectivity index is 2.30. The topological polar surface area (TPSA) is 25.8 Å². The zero-order valence-electron chi connectivity index (χ0n) is 6.45. The molecular weight excluding hydrogens is 156 g/mol. The van der Waals surface area contributed by atoms with Crippen molar-refractivity contribution in [3.8, 4) is 0 Å². The minimum absolute atomic E-state index is 0.279. The van der Waals surface area contributed by atoms with E-state index in [-0.39, 0.29) is 4.75 Å². The smallest absolute Gasteiger partial charge is 0.144 e. The van der Waals surface area contributed by atoms with E-state index in [1.54, 1.807) is 0 Å². The lowest BCUT2D eigenvalue weighted by molar-refractivity contribution is 0.874. The van der Waals surface area contributed by atoms with Gasteiger partial charge in [-0.3, -0.25) is 0 Å². The highest BCUT2D eigenvalue weighted by atomic mass is 32.2. The summed E-state index contributed by atoms with van der Waals surface area (Å²) in [6.07, 6.45) is 8.23. The Morgan fingerprint density at radius 1 is 1.36 bits per heavy atom. The molecule has 0 atom stereocenters. The molecule has 1 aliphatic carbocycles. The Morgan fingerprint density at radius 2 is 2.00 bits per heavy atom. The fourth-order valence-corrected chi connectivity index (χ4v) is 1.97. The highest BCUT2D eigenvalue weighted by Crippen LogP contribution is 2.54. The van der Waals surface area contributed by atoms with E-state index >= 15 is 0 Å². The van der Waals surface area contributed by atoms with Gasteiger partial charge in [0.15, 0.2) is 0 Å². The quantitative estimate of drug-likeness (QED) is 0.670. The monoisotopic (exact) mass is 166 g/mol. The van der Waals surface area contributed by atoms with Crippen LogP contribution in [0.5, 0.6) is 0 Å². The maximum Gasteiger partial charge on any atom is 0.144 e. The molecule has 1 aromatic rings. The van der Waals surface area contributed by atoms with Crippen molar-refractivity contribution in [2.45, 2.75) is 17.6 Å². The Labute approximate surface area is 70.4 Å². The van der Waals surface area contributed by atoms with Crippen LogP contribution in [0.1, 0.15) is 18.7 Å². The summed E-state index contributed by atoms with van der Waals surface area (Å²) >= 11 is 1.87. The zero-order valence-corrected chi connectivity index (χ0v) is 7.27. The number of hydrogen-bond donors (Lipinski definition) is 0. The van der Waals surface area contributed by atoms with Gasteiger partial charge in [-0.25, -0.2) is 9.97 Å². The van der Waals surface area contributed by atoms with Gasteiger partial charge in [-0.15, -0.1) is 0 Å². The standard InChI is InChI=1S/C8H10N2S/c1-11-8(3-4-8)7-9-5-2-6-10-7/h2,5-6H,3-4H2,1H3. The minimum Gasteiger partial charge on any atom is -0.240 e. The molecule has 1 aromatic heterocycles. The molecule has 0 spiro atoms. The van der Waals surface area contributed by atoms with Crippen LogP contribution in [0.25, 0.3) is 0 Å². The van der Waals surface area contributed by atoms with Gasteiger partial charge in [-0.1, -0.05) is 0 Å². The molecule has 0 radical (unpaired) electrons. The first kappa shape index (κ1) is 7.10. The van der Waals surface area contributed by atoms with Gasteiger partial charge in [-0.2, -0.15) is 11.8 Å². The van der Waals surface area contributed by atoms with E-state index in [4.69, 9.17) is 0 Å². The van der Waals surface area contributed by atoms with Gasteiger partial charge in [0.25, 0.3) is 0 Å². The lowest BCUT2D eigenvalue weighted by Gasteiger charge is -2.07. The average Bonchev–Trinajstić information content (AvgIpc) is 2.86. The van der Waals surface area contributed by atoms with Crippen LogP contribution in [0.2, 0.25) is 0 Å². The normalized spacial score (nSPS) is 19.7. The molecule has 11 heavy (non-hydrogen) atoms. The van der Waals surface area contributed by atoms with Crippen molar-refractivity contribution < 1.29 is 0 Å². The molecule has 0 saturated heterocycles. The van der Waals surface area contributed by atoms with Crippen LogP contribution < -0.4 is 0 Å². The summed E-state index contributed by atoms with van der Waals surface area (Å²) in [5.74, 6) is 1.01. The summed E-state index contributed by atoms with van der Waals surface area (Å²) in [5.41, 5.74) is 0. The van der Waals surface area contributed by atoms with Gasteiger partial charge in [0.2, 0.25) is 0 Å². The molecule has 1 aliphatic rings. The second-order valence-electron chi connectivity index (χ2n) is 2.77. The van der Waals surface area contributed by atoms with E-state index in [0.29, 0.717) is 0 Å². The molecule has 1 fully saturated rings. The van der Waals surface area contributed by atoms with Gasteiger partial charge >= 0.3 is 0 Å². The molecule has 3 heteroatoms. The van der Waals surface area contributed by atoms with E-state index in [9.17, 15) is 0 Å². The van der Waals surface area contributed by atoms with Crippen molar-refractivity contribution in [3.63, 3.8) is 0 Å². The predicted octanol–water partition coefficient (Wildman–Crippen LogP) is 1.83. The Kier molecular flexibility index (Phi) is 1.60. The lowest BCUT2D eigenvalue weighted by atomic mass is 10.4. The van der Waals surface area contributed by atoms with Crippen molar-refractivity contribution >= 4 is 11.8 Å². The maximum atomic E-state index is 4.25. The van der Waals surface area contributed by atoms with Crippen LogP contribution in [0.3, 0.4) is 0 Å². The molecular formula is C8H10N2S. The first-order chi connectivity index (χ1) is 5.37. The summed E-state index contributed by atoms with van der Waals surface area (Å²) in [5, 5.41) is 0. The third kappa shape index (κ3) is 1.13. The maximum absolute atomic E-state index is 4.25. The molecule has 0 bridgehead atoms. The van der Waals surface area contributed by atoms with E-state index < -0.39 is 0 Å². The molecule has 0 N–H and O–H groups in total. The van der Waals surface area contributed by atoms with Gasteiger partial charge in [0.05, 0.1) is 4.75 Å². The molecule has 1 heterocycles. The Hall–Kier alpha value is -0.570. The number of nitrogens with zero attached hydrogens (tertiary/aromatic N) is 2. The van der Waals surface area contributed by atoms with Gasteiger partial charge in [0, 0.05) is 12.4 Å². The van der Waals surface area contributed by atoms with Crippen molar-refractivity contribution in [2.24, 2.45) is 0 Å². The van der Waals surface area contributed by atoms with Gasteiger partial charge in [-0.05, 0) is 25.2 Å². The third-order valence-electron chi connectivity index (χ3n) is 2.07. The summed E-state index contributed by atoms with van der Waals surface area (Å²) in [6.45, 7) is 0. The molecule has 0 unspecified atom stereocenters. The molecule has 1 saturated carbocycles. The fourth-order valence-electron chi connectivity index (χ4n) is 1.17. The van der Waals surface area contributed by atoms with E-state index in [1.807, 2.05) is 30.2 Å². The van der Waals surface area contributed by atoms with Gasteiger partial charge in [0.1, 0.15) is 5.82 Å². The van der Waals surface area contributed by atoms with Crippen molar-refractivity contribution in [3.05, 3.63) is 24.3 Å². The molecule has 58 valence electrons. The molecule has 2 rings (SSSR count).